The Balaban J connectivity index is 2.17. The van der Waals surface area contributed by atoms with Crippen molar-refractivity contribution in [1.82, 2.24) is 0 Å². The molecule has 0 unspecified atom stereocenters. The Bertz CT molecular complexity index is 1200. The summed E-state index contributed by atoms with van der Waals surface area (Å²) in [4.78, 5) is 12.7. The van der Waals surface area contributed by atoms with Crippen LogP contribution in [0.25, 0.3) is 11.0 Å². The molecule has 3 rings (SSSR count). The first kappa shape index (κ1) is 19.9. The highest BCUT2D eigenvalue weighted by Crippen LogP contribution is 2.31. The van der Waals surface area contributed by atoms with Crippen molar-refractivity contribution in [2.75, 3.05) is 16.6 Å². The van der Waals surface area contributed by atoms with Crippen molar-refractivity contribution < 1.29 is 12.8 Å². The van der Waals surface area contributed by atoms with Crippen LogP contribution in [0.3, 0.4) is 0 Å². The number of nitrogens with one attached hydrogen (secondary N) is 2. The maximum atomic E-state index is 13.1. The Labute approximate surface area is 164 Å². The first-order valence-electron chi connectivity index (χ1n) is 9.15. The molecule has 0 atom stereocenters. The van der Waals surface area contributed by atoms with E-state index in [2.05, 4.69) is 10.0 Å². The van der Waals surface area contributed by atoms with Crippen LogP contribution in [0.1, 0.15) is 30.0 Å². The molecule has 28 heavy (non-hydrogen) atoms. The summed E-state index contributed by atoms with van der Waals surface area (Å²) in [5.41, 5.74) is 2.47. The number of anilines is 2. The third-order valence-corrected chi connectivity index (χ3v) is 6.17. The summed E-state index contributed by atoms with van der Waals surface area (Å²) in [6.45, 7) is 8.09. The molecule has 0 radical (unpaired) electrons. The monoisotopic (exact) mass is 400 g/mol. The molecule has 0 fully saturated rings. The summed E-state index contributed by atoms with van der Waals surface area (Å²) in [7, 11) is -3.97. The fourth-order valence-corrected chi connectivity index (χ4v) is 4.47. The van der Waals surface area contributed by atoms with Crippen molar-refractivity contribution in [2.45, 2.75) is 39.0 Å². The summed E-state index contributed by atoms with van der Waals surface area (Å²) < 4.78 is 34.0. The Kier molecular flexibility index (Phi) is 5.47. The quantitative estimate of drug-likeness (QED) is 0.601. The lowest BCUT2D eigenvalue weighted by molar-refractivity contribution is 0.563. The molecule has 2 N–H and O–H groups in total. The first-order valence-corrected chi connectivity index (χ1v) is 10.6. The van der Waals surface area contributed by atoms with Crippen LogP contribution in [0.15, 0.2) is 50.5 Å². The van der Waals surface area contributed by atoms with Gasteiger partial charge in [0, 0.05) is 11.9 Å². The Morgan fingerprint density at radius 1 is 0.964 bits per heavy atom. The van der Waals surface area contributed by atoms with Crippen LogP contribution in [-0.2, 0) is 10.0 Å². The van der Waals surface area contributed by atoms with Gasteiger partial charge in [-0.2, -0.15) is 0 Å². The highest BCUT2D eigenvalue weighted by molar-refractivity contribution is 7.92. The van der Waals surface area contributed by atoms with Crippen molar-refractivity contribution in [2.24, 2.45) is 0 Å². The average molecular weight is 401 g/mol. The van der Waals surface area contributed by atoms with Gasteiger partial charge in [-0.25, -0.2) is 13.2 Å². The number of hydrogen-bond acceptors (Lipinski definition) is 5. The van der Waals surface area contributed by atoms with Crippen LogP contribution < -0.4 is 15.7 Å². The van der Waals surface area contributed by atoms with Crippen LogP contribution >= 0.6 is 0 Å². The lowest BCUT2D eigenvalue weighted by Gasteiger charge is -2.16. The van der Waals surface area contributed by atoms with E-state index in [1.165, 1.54) is 0 Å². The highest BCUT2D eigenvalue weighted by Gasteiger charge is 2.23. The Morgan fingerprint density at radius 2 is 1.64 bits per heavy atom. The van der Waals surface area contributed by atoms with Crippen molar-refractivity contribution >= 4 is 32.4 Å². The zero-order chi connectivity index (χ0) is 20.5. The summed E-state index contributed by atoms with van der Waals surface area (Å²) in [6, 6.07) is 10.5. The molecule has 1 aromatic heterocycles. The normalized spacial score (nSPS) is 11.6. The van der Waals surface area contributed by atoms with E-state index in [4.69, 9.17) is 4.42 Å². The van der Waals surface area contributed by atoms with Gasteiger partial charge >= 0.3 is 5.63 Å². The Hall–Kier alpha value is -2.80. The molecule has 1 heterocycles. The molecule has 7 heteroatoms. The molecule has 0 amide bonds. The van der Waals surface area contributed by atoms with Gasteiger partial charge in [0.25, 0.3) is 10.0 Å². The van der Waals surface area contributed by atoms with E-state index < -0.39 is 15.6 Å². The van der Waals surface area contributed by atoms with Crippen molar-refractivity contribution in [1.29, 1.82) is 0 Å². The Morgan fingerprint density at radius 3 is 2.36 bits per heavy atom. The van der Waals surface area contributed by atoms with Crippen LogP contribution in [0, 0.1) is 20.8 Å². The van der Waals surface area contributed by atoms with Gasteiger partial charge in [0.1, 0.15) is 5.58 Å². The molecule has 0 bridgehead atoms. The SMILES string of the molecule is CCCNc1c(NS(=O)(=O)c2cc(C)c(C)cc2C)c(=O)oc2ccccc12. The van der Waals surface area contributed by atoms with Gasteiger partial charge in [0.05, 0.1) is 10.6 Å². The van der Waals surface area contributed by atoms with E-state index in [1.54, 1.807) is 31.2 Å². The minimum Gasteiger partial charge on any atom is -0.421 e. The van der Waals surface area contributed by atoms with Crippen LogP contribution in [0.4, 0.5) is 11.4 Å². The third kappa shape index (κ3) is 3.75. The minimum atomic E-state index is -3.97. The fourth-order valence-electron chi connectivity index (χ4n) is 3.09. The molecular weight excluding hydrogens is 376 g/mol. The molecule has 0 aliphatic rings. The number of para-hydroxylation sites is 1. The second-order valence-electron chi connectivity index (χ2n) is 6.87. The molecule has 0 aliphatic carbocycles. The number of hydrogen-bond donors (Lipinski definition) is 2. The standard InChI is InChI=1S/C21H24N2O4S/c1-5-10-22-19-16-8-6-7-9-17(16)27-21(24)20(19)23-28(25,26)18-12-14(3)13(2)11-15(18)4/h6-9,11-12,22-23H,5,10H2,1-4H3. The van der Waals surface area contributed by atoms with E-state index in [1.807, 2.05) is 32.9 Å². The predicted molar refractivity (Wildman–Crippen MR) is 113 cm³/mol. The van der Waals surface area contributed by atoms with Gasteiger partial charge in [-0.3, -0.25) is 4.72 Å². The van der Waals surface area contributed by atoms with Gasteiger partial charge in [-0.1, -0.05) is 25.1 Å². The van der Waals surface area contributed by atoms with Crippen molar-refractivity contribution in [3.05, 3.63) is 63.5 Å². The maximum absolute atomic E-state index is 13.1. The van der Waals surface area contributed by atoms with Crippen LogP contribution in [0.5, 0.6) is 0 Å². The maximum Gasteiger partial charge on any atom is 0.363 e. The third-order valence-electron chi connectivity index (χ3n) is 4.68. The smallest absolute Gasteiger partial charge is 0.363 e. The van der Waals surface area contributed by atoms with Gasteiger partial charge in [-0.05, 0) is 62.1 Å². The van der Waals surface area contributed by atoms with Gasteiger partial charge in [-0.15, -0.1) is 0 Å². The van der Waals surface area contributed by atoms with Gasteiger partial charge in [0.15, 0.2) is 5.69 Å². The molecule has 0 spiro atoms. The highest BCUT2D eigenvalue weighted by atomic mass is 32.2. The second kappa shape index (κ2) is 7.67. The van der Waals surface area contributed by atoms with Gasteiger partial charge in [0.2, 0.25) is 0 Å². The van der Waals surface area contributed by atoms with E-state index in [0.29, 0.717) is 28.8 Å². The van der Waals surface area contributed by atoms with Crippen molar-refractivity contribution in [3.63, 3.8) is 0 Å². The number of aryl methyl sites for hydroxylation is 3. The lowest BCUT2D eigenvalue weighted by Crippen LogP contribution is -2.21. The number of benzene rings is 2. The molecule has 0 aliphatic heterocycles. The number of rotatable bonds is 6. The van der Waals surface area contributed by atoms with E-state index in [9.17, 15) is 13.2 Å². The van der Waals surface area contributed by atoms with E-state index in [-0.39, 0.29) is 10.6 Å². The molecule has 0 saturated carbocycles. The summed E-state index contributed by atoms with van der Waals surface area (Å²) >= 11 is 0. The molecule has 148 valence electrons. The molecule has 3 aromatic rings. The lowest BCUT2D eigenvalue weighted by atomic mass is 10.1. The van der Waals surface area contributed by atoms with Crippen LogP contribution in [0.2, 0.25) is 0 Å². The largest absolute Gasteiger partial charge is 0.421 e. The zero-order valence-corrected chi connectivity index (χ0v) is 17.2. The molecular formula is C21H24N2O4S. The molecule has 6 nitrogen and oxygen atoms in total. The predicted octanol–water partition coefficient (Wildman–Crippen LogP) is 4.34. The minimum absolute atomic E-state index is 0.107. The van der Waals surface area contributed by atoms with Crippen molar-refractivity contribution in [3.8, 4) is 0 Å². The van der Waals surface area contributed by atoms with E-state index >= 15 is 0 Å². The topological polar surface area (TPSA) is 88.4 Å². The van der Waals surface area contributed by atoms with Gasteiger partial charge < -0.3 is 9.73 Å². The number of sulfonamides is 1. The van der Waals surface area contributed by atoms with Crippen LogP contribution in [-0.4, -0.2) is 15.0 Å². The zero-order valence-electron chi connectivity index (χ0n) is 16.4. The summed E-state index contributed by atoms with van der Waals surface area (Å²) in [5, 5.41) is 3.81. The second-order valence-corrected chi connectivity index (χ2v) is 8.52. The fraction of sp³-hybridized carbons (Fsp3) is 0.286. The summed E-state index contributed by atoms with van der Waals surface area (Å²) in [6.07, 6.45) is 0.816. The number of fused-ring (bicyclic) bond motifs is 1. The first-order chi connectivity index (χ1) is 13.2. The molecule has 0 saturated heterocycles. The summed E-state index contributed by atoms with van der Waals surface area (Å²) in [5.74, 6) is 0. The van der Waals surface area contributed by atoms with E-state index in [0.717, 1.165) is 17.5 Å². The molecule has 2 aromatic carbocycles. The average Bonchev–Trinajstić information content (AvgIpc) is 2.64.